The number of amides is 1. The third-order valence-corrected chi connectivity index (χ3v) is 5.55. The van der Waals surface area contributed by atoms with Crippen molar-refractivity contribution in [3.63, 3.8) is 0 Å². The number of hydrogen-bond donors (Lipinski definition) is 0. The van der Waals surface area contributed by atoms with E-state index in [9.17, 15) is 9.18 Å². The molecule has 0 aromatic heterocycles. The van der Waals surface area contributed by atoms with E-state index in [1.54, 1.807) is 12.1 Å². The standard InChI is InChI=1S/C19H20ClFN2OS/c1-14-2-3-15(20)12-18(14)22-8-10-23(11-9-22)19(24)13-25-17-6-4-16(21)5-7-17/h2-7,12H,8-11,13H2,1H3. The average molecular weight is 379 g/mol. The van der Waals surface area contributed by atoms with E-state index in [1.165, 1.54) is 29.5 Å². The van der Waals surface area contributed by atoms with Crippen molar-refractivity contribution < 1.29 is 9.18 Å². The quantitative estimate of drug-likeness (QED) is 0.744. The summed E-state index contributed by atoms with van der Waals surface area (Å²) in [6.45, 7) is 5.08. The lowest BCUT2D eigenvalue weighted by Gasteiger charge is -2.37. The highest BCUT2D eigenvalue weighted by molar-refractivity contribution is 8.00. The Morgan fingerprint density at radius 3 is 2.48 bits per heavy atom. The predicted molar refractivity (Wildman–Crippen MR) is 102 cm³/mol. The van der Waals surface area contributed by atoms with Gasteiger partial charge in [-0.15, -0.1) is 11.8 Å². The van der Waals surface area contributed by atoms with Crippen LogP contribution in [0.25, 0.3) is 0 Å². The molecular formula is C19H20ClFN2OS. The molecule has 6 heteroatoms. The van der Waals surface area contributed by atoms with Gasteiger partial charge in [-0.05, 0) is 48.9 Å². The second-order valence-electron chi connectivity index (χ2n) is 6.04. The van der Waals surface area contributed by atoms with Crippen LogP contribution in [0.3, 0.4) is 0 Å². The minimum Gasteiger partial charge on any atom is -0.368 e. The van der Waals surface area contributed by atoms with Crippen LogP contribution >= 0.6 is 23.4 Å². The first kappa shape index (κ1) is 18.1. The number of thioether (sulfide) groups is 1. The van der Waals surface area contributed by atoms with Crippen molar-refractivity contribution in [1.29, 1.82) is 0 Å². The lowest BCUT2D eigenvalue weighted by Crippen LogP contribution is -2.49. The van der Waals surface area contributed by atoms with E-state index >= 15 is 0 Å². The van der Waals surface area contributed by atoms with Gasteiger partial charge in [0.25, 0.3) is 0 Å². The van der Waals surface area contributed by atoms with E-state index in [2.05, 4.69) is 11.8 Å². The van der Waals surface area contributed by atoms with Crippen molar-refractivity contribution >= 4 is 35.0 Å². The molecule has 3 nitrogen and oxygen atoms in total. The molecule has 1 saturated heterocycles. The fraction of sp³-hybridized carbons (Fsp3) is 0.316. The van der Waals surface area contributed by atoms with Crippen LogP contribution in [-0.2, 0) is 4.79 Å². The molecule has 1 amide bonds. The highest BCUT2D eigenvalue weighted by atomic mass is 35.5. The van der Waals surface area contributed by atoms with Crippen molar-refractivity contribution in [1.82, 2.24) is 4.90 Å². The van der Waals surface area contributed by atoms with Gasteiger partial charge in [-0.2, -0.15) is 0 Å². The van der Waals surface area contributed by atoms with E-state index in [1.807, 2.05) is 23.1 Å². The summed E-state index contributed by atoms with van der Waals surface area (Å²) in [5, 5.41) is 0.731. The lowest BCUT2D eigenvalue weighted by atomic mass is 10.1. The number of anilines is 1. The summed E-state index contributed by atoms with van der Waals surface area (Å²) in [7, 11) is 0. The van der Waals surface area contributed by atoms with E-state index in [0.717, 1.165) is 28.7 Å². The van der Waals surface area contributed by atoms with Crippen LogP contribution < -0.4 is 4.90 Å². The number of nitrogens with zero attached hydrogens (tertiary/aromatic N) is 2. The molecule has 2 aromatic carbocycles. The van der Waals surface area contributed by atoms with Gasteiger partial charge in [-0.25, -0.2) is 4.39 Å². The zero-order valence-electron chi connectivity index (χ0n) is 14.0. The molecule has 1 aliphatic heterocycles. The number of carbonyl (C=O) groups excluding carboxylic acids is 1. The summed E-state index contributed by atoms with van der Waals surface area (Å²) in [5.41, 5.74) is 2.33. The van der Waals surface area contributed by atoms with Gasteiger partial charge in [0.2, 0.25) is 5.91 Å². The Bertz CT molecular complexity index is 746. The Balaban J connectivity index is 1.52. The van der Waals surface area contributed by atoms with Gasteiger partial charge in [0.1, 0.15) is 5.82 Å². The number of carbonyl (C=O) groups is 1. The molecular weight excluding hydrogens is 359 g/mol. The molecule has 0 radical (unpaired) electrons. The molecule has 3 rings (SSSR count). The van der Waals surface area contributed by atoms with E-state index in [-0.39, 0.29) is 11.7 Å². The minimum absolute atomic E-state index is 0.122. The molecule has 0 spiro atoms. The fourth-order valence-electron chi connectivity index (χ4n) is 2.89. The van der Waals surface area contributed by atoms with Gasteiger partial charge < -0.3 is 9.80 Å². The number of hydrogen-bond acceptors (Lipinski definition) is 3. The first-order valence-corrected chi connectivity index (χ1v) is 9.56. The van der Waals surface area contributed by atoms with Gasteiger partial charge in [-0.1, -0.05) is 17.7 Å². The number of piperazine rings is 1. The zero-order chi connectivity index (χ0) is 17.8. The summed E-state index contributed by atoms with van der Waals surface area (Å²) >= 11 is 7.55. The highest BCUT2D eigenvalue weighted by Gasteiger charge is 2.22. The molecule has 132 valence electrons. The van der Waals surface area contributed by atoms with Crippen molar-refractivity contribution in [2.75, 3.05) is 36.8 Å². The van der Waals surface area contributed by atoms with Crippen molar-refractivity contribution in [3.05, 3.63) is 58.9 Å². The predicted octanol–water partition coefficient (Wildman–Crippen LogP) is 4.23. The van der Waals surface area contributed by atoms with Crippen molar-refractivity contribution in [2.24, 2.45) is 0 Å². The Morgan fingerprint density at radius 2 is 1.80 bits per heavy atom. The van der Waals surface area contributed by atoms with Crippen LogP contribution in [0.4, 0.5) is 10.1 Å². The number of halogens is 2. The molecule has 1 heterocycles. The monoisotopic (exact) mass is 378 g/mol. The van der Waals surface area contributed by atoms with Gasteiger partial charge in [0, 0.05) is 41.8 Å². The number of aryl methyl sites for hydroxylation is 1. The topological polar surface area (TPSA) is 23.6 Å². The third-order valence-electron chi connectivity index (χ3n) is 4.32. The van der Waals surface area contributed by atoms with Crippen LogP contribution in [-0.4, -0.2) is 42.7 Å². The molecule has 0 aliphatic carbocycles. The van der Waals surface area contributed by atoms with Gasteiger partial charge in [0.05, 0.1) is 5.75 Å². The molecule has 2 aromatic rings. The number of benzene rings is 2. The lowest BCUT2D eigenvalue weighted by molar-refractivity contribution is -0.128. The normalized spacial score (nSPS) is 14.7. The zero-order valence-corrected chi connectivity index (χ0v) is 15.6. The first-order valence-electron chi connectivity index (χ1n) is 8.20. The second kappa shape index (κ2) is 8.11. The second-order valence-corrected chi connectivity index (χ2v) is 7.53. The molecule has 0 N–H and O–H groups in total. The maximum Gasteiger partial charge on any atom is 0.233 e. The van der Waals surface area contributed by atoms with Crippen molar-refractivity contribution in [2.45, 2.75) is 11.8 Å². The SMILES string of the molecule is Cc1ccc(Cl)cc1N1CCN(C(=O)CSc2ccc(F)cc2)CC1. The van der Waals surface area contributed by atoms with E-state index in [4.69, 9.17) is 11.6 Å². The van der Waals surface area contributed by atoms with Gasteiger partial charge in [0.15, 0.2) is 0 Å². The Hall–Kier alpha value is -1.72. The maximum absolute atomic E-state index is 12.9. The van der Waals surface area contributed by atoms with Crippen LogP contribution in [0.2, 0.25) is 5.02 Å². The van der Waals surface area contributed by atoms with Crippen LogP contribution in [0.15, 0.2) is 47.4 Å². The Labute approximate surface area is 156 Å². The highest BCUT2D eigenvalue weighted by Crippen LogP contribution is 2.25. The van der Waals surface area contributed by atoms with Crippen LogP contribution in [0, 0.1) is 12.7 Å². The number of rotatable bonds is 4. The molecule has 0 unspecified atom stereocenters. The summed E-state index contributed by atoms with van der Waals surface area (Å²) in [6.07, 6.45) is 0. The minimum atomic E-state index is -0.261. The third kappa shape index (κ3) is 4.67. The van der Waals surface area contributed by atoms with Crippen molar-refractivity contribution in [3.8, 4) is 0 Å². The summed E-state index contributed by atoms with van der Waals surface area (Å²) in [6, 6.07) is 12.1. The van der Waals surface area contributed by atoms with Gasteiger partial charge in [-0.3, -0.25) is 4.79 Å². The summed E-state index contributed by atoms with van der Waals surface area (Å²) in [4.78, 5) is 17.5. The van der Waals surface area contributed by atoms with E-state index < -0.39 is 0 Å². The first-order chi connectivity index (χ1) is 12.0. The van der Waals surface area contributed by atoms with E-state index in [0.29, 0.717) is 18.8 Å². The Morgan fingerprint density at radius 1 is 1.12 bits per heavy atom. The molecule has 1 aliphatic rings. The average Bonchev–Trinajstić information content (AvgIpc) is 2.63. The van der Waals surface area contributed by atoms with Gasteiger partial charge >= 0.3 is 0 Å². The summed E-state index contributed by atoms with van der Waals surface area (Å²) < 4.78 is 12.9. The molecule has 1 fully saturated rings. The van der Waals surface area contributed by atoms with Crippen LogP contribution in [0.1, 0.15) is 5.56 Å². The fourth-order valence-corrected chi connectivity index (χ4v) is 3.85. The summed E-state index contributed by atoms with van der Waals surface area (Å²) in [5.74, 6) is 0.238. The maximum atomic E-state index is 12.9. The molecule has 0 atom stereocenters. The largest absolute Gasteiger partial charge is 0.368 e. The molecule has 25 heavy (non-hydrogen) atoms. The van der Waals surface area contributed by atoms with Crippen LogP contribution in [0.5, 0.6) is 0 Å². The molecule has 0 saturated carbocycles. The molecule has 0 bridgehead atoms. The Kier molecular flexibility index (Phi) is 5.86. The smallest absolute Gasteiger partial charge is 0.233 e.